The number of fused-ring (bicyclic) bond motifs is 1. The summed E-state index contributed by atoms with van der Waals surface area (Å²) in [5, 5.41) is 12.1. The van der Waals surface area contributed by atoms with Crippen LogP contribution >= 0.6 is 0 Å². The molecule has 0 amide bonds. The fraction of sp³-hybridized carbons (Fsp3) is 0.483. The maximum atomic E-state index is 14.1. The van der Waals surface area contributed by atoms with Crippen LogP contribution in [-0.4, -0.2) is 40.7 Å². The number of furan rings is 1. The molecule has 5 rings (SSSR count). The first-order valence-electron chi connectivity index (χ1n) is 12.7. The standard InChI is InChI=1S/C29H35FN2O2/c1-29(26-9-5-6-16-31-26,28(33)22-7-3-2-4-8-22)15-19-32-17-12-21(13-18-32)23-10-11-25(30)24-14-20-34-27(23)24/h5-6,9-12,14,16,20,22,28,33H,2-4,7-8,13,15,17-19H2,1H3. The highest BCUT2D eigenvalue weighted by molar-refractivity contribution is 5.90. The van der Waals surface area contributed by atoms with Crippen molar-refractivity contribution >= 4 is 16.5 Å². The molecule has 2 aliphatic rings. The van der Waals surface area contributed by atoms with Gasteiger partial charge in [-0.1, -0.05) is 38.3 Å². The van der Waals surface area contributed by atoms with Gasteiger partial charge < -0.3 is 9.52 Å². The second-order valence-corrected chi connectivity index (χ2v) is 10.3. The molecule has 5 heteroatoms. The molecule has 2 atom stereocenters. The van der Waals surface area contributed by atoms with Crippen molar-refractivity contribution in [1.29, 1.82) is 0 Å². The third-order valence-electron chi connectivity index (χ3n) is 8.15. The summed E-state index contributed by atoms with van der Waals surface area (Å²) in [6.45, 7) is 4.88. The van der Waals surface area contributed by atoms with Crippen LogP contribution in [0.3, 0.4) is 0 Å². The number of halogens is 1. The molecule has 0 saturated heterocycles. The summed E-state index contributed by atoms with van der Waals surface area (Å²) in [5.41, 5.74) is 3.47. The van der Waals surface area contributed by atoms with Gasteiger partial charge in [0.25, 0.3) is 0 Å². The van der Waals surface area contributed by atoms with E-state index in [9.17, 15) is 9.50 Å². The summed E-state index contributed by atoms with van der Waals surface area (Å²) in [6.07, 6.45) is 13.0. The topological polar surface area (TPSA) is 49.5 Å². The molecule has 1 N–H and O–H groups in total. The third-order valence-corrected chi connectivity index (χ3v) is 8.15. The fourth-order valence-electron chi connectivity index (χ4n) is 5.93. The predicted octanol–water partition coefficient (Wildman–Crippen LogP) is 6.35. The molecule has 4 nitrogen and oxygen atoms in total. The zero-order valence-electron chi connectivity index (χ0n) is 20.0. The van der Waals surface area contributed by atoms with Crippen LogP contribution in [0.2, 0.25) is 0 Å². The fourth-order valence-corrected chi connectivity index (χ4v) is 5.93. The quantitative estimate of drug-likeness (QED) is 0.445. The van der Waals surface area contributed by atoms with E-state index in [1.807, 2.05) is 24.4 Å². The van der Waals surface area contributed by atoms with Crippen molar-refractivity contribution in [2.24, 2.45) is 5.92 Å². The number of hydrogen-bond acceptors (Lipinski definition) is 4. The maximum absolute atomic E-state index is 14.1. The van der Waals surface area contributed by atoms with Gasteiger partial charge in [0, 0.05) is 36.0 Å². The summed E-state index contributed by atoms with van der Waals surface area (Å²) in [7, 11) is 0. The summed E-state index contributed by atoms with van der Waals surface area (Å²) in [5.74, 6) is 0.110. The Balaban J connectivity index is 1.30. The largest absolute Gasteiger partial charge is 0.464 e. The normalized spacial score (nSPS) is 20.7. The maximum Gasteiger partial charge on any atom is 0.144 e. The Morgan fingerprint density at radius 1 is 1.18 bits per heavy atom. The SMILES string of the molecule is CC(CCN1CC=C(c2ccc(F)c3ccoc23)CC1)(c1ccccn1)C(O)C1CCCCC1. The Morgan fingerprint density at radius 3 is 2.76 bits per heavy atom. The van der Waals surface area contributed by atoms with E-state index in [0.717, 1.165) is 56.6 Å². The van der Waals surface area contributed by atoms with Gasteiger partial charge in [0.05, 0.1) is 17.8 Å². The van der Waals surface area contributed by atoms with Crippen LogP contribution in [0.5, 0.6) is 0 Å². The van der Waals surface area contributed by atoms with E-state index in [-0.39, 0.29) is 17.3 Å². The molecule has 1 saturated carbocycles. The minimum Gasteiger partial charge on any atom is -0.464 e. The number of pyridine rings is 1. The van der Waals surface area contributed by atoms with E-state index in [1.165, 1.54) is 30.9 Å². The lowest BCUT2D eigenvalue weighted by Gasteiger charge is -2.41. The Hall–Kier alpha value is -2.50. The lowest BCUT2D eigenvalue weighted by Crippen LogP contribution is -2.45. The monoisotopic (exact) mass is 462 g/mol. The molecule has 0 radical (unpaired) electrons. The van der Waals surface area contributed by atoms with Crippen molar-refractivity contribution in [2.45, 2.75) is 63.4 Å². The van der Waals surface area contributed by atoms with Gasteiger partial charge in [-0.15, -0.1) is 0 Å². The summed E-state index contributed by atoms with van der Waals surface area (Å²) >= 11 is 0. The molecule has 2 unspecified atom stereocenters. The smallest absolute Gasteiger partial charge is 0.144 e. The first-order valence-corrected chi connectivity index (χ1v) is 12.7. The molecule has 1 aliphatic heterocycles. The van der Waals surface area contributed by atoms with Crippen LogP contribution < -0.4 is 0 Å². The van der Waals surface area contributed by atoms with Crippen molar-refractivity contribution in [3.63, 3.8) is 0 Å². The Kier molecular flexibility index (Phi) is 6.84. The Morgan fingerprint density at radius 2 is 2.03 bits per heavy atom. The number of nitrogens with zero attached hydrogens (tertiary/aromatic N) is 2. The molecular weight excluding hydrogens is 427 g/mol. The molecule has 1 aliphatic carbocycles. The molecule has 0 spiro atoms. The minimum atomic E-state index is -0.384. The Bertz CT molecular complexity index is 1140. The second-order valence-electron chi connectivity index (χ2n) is 10.3. The highest BCUT2D eigenvalue weighted by Crippen LogP contribution is 2.39. The molecule has 3 aromatic rings. The van der Waals surface area contributed by atoms with E-state index in [2.05, 4.69) is 29.0 Å². The van der Waals surface area contributed by atoms with Gasteiger partial charge in [0.2, 0.25) is 0 Å². The van der Waals surface area contributed by atoms with Gasteiger partial charge in [0.15, 0.2) is 0 Å². The third kappa shape index (κ3) is 4.56. The van der Waals surface area contributed by atoms with Gasteiger partial charge in [0.1, 0.15) is 11.4 Å². The first kappa shape index (κ1) is 23.3. The van der Waals surface area contributed by atoms with E-state index in [1.54, 1.807) is 12.3 Å². The second kappa shape index (κ2) is 10.0. The highest BCUT2D eigenvalue weighted by Gasteiger charge is 2.41. The average molecular weight is 463 g/mol. The molecule has 34 heavy (non-hydrogen) atoms. The van der Waals surface area contributed by atoms with Crippen molar-refractivity contribution in [3.05, 3.63) is 72.0 Å². The summed E-state index contributed by atoms with van der Waals surface area (Å²) in [6, 6.07) is 11.1. The lowest BCUT2D eigenvalue weighted by molar-refractivity contribution is 0.00995. The van der Waals surface area contributed by atoms with E-state index in [0.29, 0.717) is 16.9 Å². The first-order chi connectivity index (χ1) is 16.6. The molecule has 1 aromatic carbocycles. The van der Waals surface area contributed by atoms with Crippen molar-refractivity contribution < 1.29 is 13.9 Å². The highest BCUT2D eigenvalue weighted by atomic mass is 19.1. The van der Waals surface area contributed by atoms with Crippen molar-refractivity contribution in [2.75, 3.05) is 19.6 Å². The Labute approximate surface area is 201 Å². The molecule has 2 aromatic heterocycles. The van der Waals surface area contributed by atoms with Crippen LogP contribution in [0.15, 0.2) is 59.4 Å². The summed E-state index contributed by atoms with van der Waals surface area (Å²) in [4.78, 5) is 7.13. The number of aliphatic hydroxyl groups is 1. The summed E-state index contributed by atoms with van der Waals surface area (Å²) < 4.78 is 19.7. The zero-order valence-corrected chi connectivity index (χ0v) is 20.0. The number of aliphatic hydroxyl groups excluding tert-OH is 1. The molecule has 180 valence electrons. The van der Waals surface area contributed by atoms with E-state index in [4.69, 9.17) is 4.42 Å². The van der Waals surface area contributed by atoms with Gasteiger partial charge in [-0.25, -0.2) is 4.39 Å². The van der Waals surface area contributed by atoms with Crippen LogP contribution in [0, 0.1) is 11.7 Å². The van der Waals surface area contributed by atoms with Gasteiger partial charge in [-0.05, 0) is 74.1 Å². The molecule has 1 fully saturated rings. The average Bonchev–Trinajstić information content (AvgIpc) is 3.40. The molecular formula is C29H35FN2O2. The van der Waals surface area contributed by atoms with Gasteiger partial charge >= 0.3 is 0 Å². The number of aromatic nitrogens is 1. The van der Waals surface area contributed by atoms with Gasteiger partial charge in [-0.2, -0.15) is 0 Å². The minimum absolute atomic E-state index is 0.240. The number of benzene rings is 1. The number of rotatable bonds is 7. The van der Waals surface area contributed by atoms with E-state index >= 15 is 0 Å². The van der Waals surface area contributed by atoms with Crippen molar-refractivity contribution in [3.8, 4) is 0 Å². The van der Waals surface area contributed by atoms with Crippen LogP contribution in [-0.2, 0) is 5.41 Å². The van der Waals surface area contributed by atoms with Crippen molar-refractivity contribution in [1.82, 2.24) is 9.88 Å². The number of hydrogen-bond donors (Lipinski definition) is 1. The van der Waals surface area contributed by atoms with Gasteiger partial charge in [-0.3, -0.25) is 9.88 Å². The molecule has 3 heterocycles. The van der Waals surface area contributed by atoms with E-state index < -0.39 is 0 Å². The van der Waals surface area contributed by atoms with Crippen LogP contribution in [0.1, 0.15) is 63.1 Å². The lowest BCUT2D eigenvalue weighted by atomic mass is 9.69. The molecule has 0 bridgehead atoms. The zero-order chi connectivity index (χ0) is 23.5. The predicted molar refractivity (Wildman–Crippen MR) is 134 cm³/mol. The van der Waals surface area contributed by atoms with Crippen LogP contribution in [0.25, 0.3) is 16.5 Å². The van der Waals surface area contributed by atoms with Crippen LogP contribution in [0.4, 0.5) is 4.39 Å².